The highest BCUT2D eigenvalue weighted by atomic mass is 32.2. The molecule has 0 saturated carbocycles. The van der Waals surface area contributed by atoms with Crippen molar-refractivity contribution in [1.82, 2.24) is 19.3 Å². The summed E-state index contributed by atoms with van der Waals surface area (Å²) >= 11 is 0. The number of hydrogen-bond acceptors (Lipinski definition) is 5. The largest absolute Gasteiger partial charge is 0.379 e. The number of aryl methyl sites for hydroxylation is 1. The van der Waals surface area contributed by atoms with Gasteiger partial charge in [-0.2, -0.15) is 4.31 Å². The van der Waals surface area contributed by atoms with E-state index in [0.29, 0.717) is 43.0 Å². The molecule has 1 saturated heterocycles. The summed E-state index contributed by atoms with van der Waals surface area (Å²) < 4.78 is 32.6. The molecule has 7 nitrogen and oxygen atoms in total. The van der Waals surface area contributed by atoms with Gasteiger partial charge in [0, 0.05) is 18.5 Å². The first-order valence-corrected chi connectivity index (χ1v) is 10.2. The fraction of sp³-hybridized carbons (Fsp3) is 0.263. The van der Waals surface area contributed by atoms with Crippen LogP contribution in [0.5, 0.6) is 0 Å². The summed E-state index contributed by atoms with van der Waals surface area (Å²) in [4.78, 5) is 12.9. The standard InChI is InChI=1S/C19H18N4O3S/c1-12-3-2-4-14-17(12)22-19-18(14)20-16-11-13(5-6-15(16)21-19)27(24,25)23-7-9-26-10-8-23/h2-6,11H,7-10H2,1H3,(H,21,22). The second-order valence-corrected chi connectivity index (χ2v) is 8.65. The minimum absolute atomic E-state index is 0.238. The molecule has 0 unspecified atom stereocenters. The first-order chi connectivity index (χ1) is 13.0. The molecule has 0 bridgehead atoms. The van der Waals surface area contributed by atoms with Gasteiger partial charge in [0.15, 0.2) is 5.65 Å². The Balaban J connectivity index is 1.69. The monoisotopic (exact) mass is 382 g/mol. The number of fused-ring (bicyclic) bond motifs is 4. The zero-order chi connectivity index (χ0) is 18.6. The third-order valence-corrected chi connectivity index (χ3v) is 6.91. The van der Waals surface area contributed by atoms with E-state index in [1.807, 2.05) is 25.1 Å². The molecule has 0 aliphatic carbocycles. The van der Waals surface area contributed by atoms with Crippen molar-refractivity contribution in [2.45, 2.75) is 11.8 Å². The van der Waals surface area contributed by atoms with E-state index in [9.17, 15) is 8.42 Å². The molecule has 0 amide bonds. The van der Waals surface area contributed by atoms with Crippen molar-refractivity contribution in [3.8, 4) is 0 Å². The Hall–Kier alpha value is -2.55. The number of para-hydroxylation sites is 1. The molecule has 5 rings (SSSR count). The third kappa shape index (κ3) is 2.60. The van der Waals surface area contributed by atoms with Crippen molar-refractivity contribution in [3.63, 3.8) is 0 Å². The van der Waals surface area contributed by atoms with Gasteiger partial charge in [-0.25, -0.2) is 18.4 Å². The number of nitrogens with zero attached hydrogens (tertiary/aromatic N) is 3. The van der Waals surface area contributed by atoms with E-state index in [1.165, 1.54) is 4.31 Å². The van der Waals surface area contributed by atoms with Crippen LogP contribution in [0.15, 0.2) is 41.3 Å². The number of aromatic amines is 1. The highest BCUT2D eigenvalue weighted by Crippen LogP contribution is 2.28. The van der Waals surface area contributed by atoms with Crippen molar-refractivity contribution in [2.24, 2.45) is 0 Å². The van der Waals surface area contributed by atoms with Crippen LogP contribution < -0.4 is 0 Å². The maximum Gasteiger partial charge on any atom is 0.243 e. The highest BCUT2D eigenvalue weighted by molar-refractivity contribution is 7.89. The van der Waals surface area contributed by atoms with Crippen LogP contribution in [-0.2, 0) is 14.8 Å². The lowest BCUT2D eigenvalue weighted by molar-refractivity contribution is 0.0730. The normalized spacial score (nSPS) is 16.5. The maximum absolute atomic E-state index is 12.9. The molecule has 0 radical (unpaired) electrons. The van der Waals surface area contributed by atoms with Crippen LogP contribution in [0.1, 0.15) is 5.56 Å². The molecule has 1 N–H and O–H groups in total. The topological polar surface area (TPSA) is 88.2 Å². The molecular weight excluding hydrogens is 364 g/mol. The molecule has 138 valence electrons. The molecule has 1 fully saturated rings. The van der Waals surface area contributed by atoms with Gasteiger partial charge < -0.3 is 9.72 Å². The number of rotatable bonds is 2. The number of H-pyrrole nitrogens is 1. The van der Waals surface area contributed by atoms with Crippen LogP contribution in [0, 0.1) is 6.92 Å². The summed E-state index contributed by atoms with van der Waals surface area (Å²) in [7, 11) is -3.56. The molecule has 8 heteroatoms. The van der Waals surface area contributed by atoms with Gasteiger partial charge in [0.2, 0.25) is 10.0 Å². The zero-order valence-electron chi connectivity index (χ0n) is 14.8. The van der Waals surface area contributed by atoms with Gasteiger partial charge >= 0.3 is 0 Å². The second-order valence-electron chi connectivity index (χ2n) is 6.71. The van der Waals surface area contributed by atoms with Crippen LogP contribution in [0.4, 0.5) is 0 Å². The molecule has 2 aromatic carbocycles. The maximum atomic E-state index is 12.9. The number of morpholine rings is 1. The zero-order valence-corrected chi connectivity index (χ0v) is 15.6. The first-order valence-electron chi connectivity index (χ1n) is 8.81. The van der Waals surface area contributed by atoms with E-state index in [1.54, 1.807) is 18.2 Å². The predicted molar refractivity (Wildman–Crippen MR) is 103 cm³/mol. The average Bonchev–Trinajstić information content (AvgIpc) is 3.05. The highest BCUT2D eigenvalue weighted by Gasteiger charge is 2.26. The van der Waals surface area contributed by atoms with Crippen molar-refractivity contribution in [1.29, 1.82) is 0 Å². The van der Waals surface area contributed by atoms with Crippen LogP contribution in [0.25, 0.3) is 33.1 Å². The summed E-state index contributed by atoms with van der Waals surface area (Å²) in [6, 6.07) is 10.9. The van der Waals surface area contributed by atoms with E-state index in [4.69, 9.17) is 9.72 Å². The average molecular weight is 382 g/mol. The Morgan fingerprint density at radius 3 is 2.70 bits per heavy atom. The molecule has 1 aliphatic heterocycles. The molecule has 1 aliphatic rings. The number of benzene rings is 2. The van der Waals surface area contributed by atoms with E-state index in [0.717, 1.165) is 22.0 Å². The fourth-order valence-corrected chi connectivity index (χ4v) is 4.98. The third-order valence-electron chi connectivity index (χ3n) is 5.01. The Labute approximate surface area is 156 Å². The van der Waals surface area contributed by atoms with Crippen molar-refractivity contribution in [2.75, 3.05) is 26.3 Å². The van der Waals surface area contributed by atoms with E-state index in [-0.39, 0.29) is 4.90 Å². The van der Waals surface area contributed by atoms with Crippen molar-refractivity contribution >= 4 is 43.1 Å². The lowest BCUT2D eigenvalue weighted by atomic mass is 10.1. The van der Waals surface area contributed by atoms with E-state index < -0.39 is 10.0 Å². The Morgan fingerprint density at radius 2 is 1.89 bits per heavy atom. The second kappa shape index (κ2) is 5.98. The molecule has 3 heterocycles. The van der Waals surface area contributed by atoms with Gasteiger partial charge in [-0.1, -0.05) is 18.2 Å². The van der Waals surface area contributed by atoms with Gasteiger partial charge in [-0.3, -0.25) is 0 Å². The summed E-state index contributed by atoms with van der Waals surface area (Å²) in [5.41, 5.74) is 4.81. The molecule has 0 spiro atoms. The summed E-state index contributed by atoms with van der Waals surface area (Å²) in [6.45, 7) is 3.61. The number of ether oxygens (including phenoxy) is 1. The molecule has 0 atom stereocenters. The SMILES string of the molecule is Cc1cccc2c1[nH]c1nc3ccc(S(=O)(=O)N4CCOCC4)cc3nc12. The van der Waals surface area contributed by atoms with Crippen LogP contribution >= 0.6 is 0 Å². The van der Waals surface area contributed by atoms with Crippen LogP contribution in [0.2, 0.25) is 0 Å². The fourth-order valence-electron chi connectivity index (χ4n) is 3.55. The lowest BCUT2D eigenvalue weighted by Crippen LogP contribution is -2.40. The number of aromatic nitrogens is 3. The van der Waals surface area contributed by atoms with E-state index >= 15 is 0 Å². The minimum Gasteiger partial charge on any atom is -0.379 e. The molecule has 4 aromatic rings. The molecule has 27 heavy (non-hydrogen) atoms. The van der Waals surface area contributed by atoms with Crippen molar-refractivity contribution in [3.05, 3.63) is 42.0 Å². The summed E-state index contributed by atoms with van der Waals surface area (Å²) in [5, 5.41) is 0.987. The first kappa shape index (κ1) is 16.6. The van der Waals surface area contributed by atoms with Crippen LogP contribution in [0.3, 0.4) is 0 Å². The van der Waals surface area contributed by atoms with Crippen molar-refractivity contribution < 1.29 is 13.2 Å². The minimum atomic E-state index is -3.56. The summed E-state index contributed by atoms with van der Waals surface area (Å²) in [6.07, 6.45) is 0. The van der Waals surface area contributed by atoms with Crippen LogP contribution in [-0.4, -0.2) is 54.0 Å². The van der Waals surface area contributed by atoms with Gasteiger partial charge in [0.1, 0.15) is 5.52 Å². The lowest BCUT2D eigenvalue weighted by Gasteiger charge is -2.26. The quantitative estimate of drug-likeness (QED) is 0.576. The smallest absolute Gasteiger partial charge is 0.243 e. The molecular formula is C19H18N4O3S. The van der Waals surface area contributed by atoms with Gasteiger partial charge in [-0.05, 0) is 30.7 Å². The summed E-state index contributed by atoms with van der Waals surface area (Å²) in [5.74, 6) is 0. The Bertz CT molecular complexity index is 1290. The van der Waals surface area contributed by atoms with Gasteiger partial charge in [0.05, 0.1) is 34.7 Å². The number of sulfonamides is 1. The Morgan fingerprint density at radius 1 is 1.07 bits per heavy atom. The van der Waals surface area contributed by atoms with Gasteiger partial charge in [-0.15, -0.1) is 0 Å². The number of nitrogens with one attached hydrogen (secondary N) is 1. The predicted octanol–water partition coefficient (Wildman–Crippen LogP) is 2.59. The molecule has 2 aromatic heterocycles. The van der Waals surface area contributed by atoms with Gasteiger partial charge in [0.25, 0.3) is 0 Å². The number of hydrogen-bond donors (Lipinski definition) is 1. The van der Waals surface area contributed by atoms with E-state index in [2.05, 4.69) is 9.97 Å². The Kier molecular flexibility index (Phi) is 3.68.